The summed E-state index contributed by atoms with van der Waals surface area (Å²) in [6.45, 7) is 11.3. The minimum absolute atomic E-state index is 0.0859. The van der Waals surface area contributed by atoms with Crippen molar-refractivity contribution in [3.63, 3.8) is 0 Å². The van der Waals surface area contributed by atoms with Gasteiger partial charge in [-0.2, -0.15) is 0 Å². The van der Waals surface area contributed by atoms with E-state index in [4.69, 9.17) is 9.47 Å². The van der Waals surface area contributed by atoms with Gasteiger partial charge in [-0.3, -0.25) is 0 Å². The van der Waals surface area contributed by atoms with Crippen molar-refractivity contribution in [1.82, 2.24) is 0 Å². The highest BCUT2D eigenvalue weighted by Gasteiger charge is 2.23. The normalized spacial score (nSPS) is 10.0. The minimum Gasteiger partial charge on any atom is -0.458 e. The monoisotopic (exact) mass is 376 g/mol. The first kappa shape index (κ1) is 20.9. The molecule has 2 aromatic rings. The van der Waals surface area contributed by atoms with Crippen molar-refractivity contribution in [3.8, 4) is 0 Å². The van der Waals surface area contributed by atoms with Crippen molar-refractivity contribution in [2.24, 2.45) is 0 Å². The highest BCUT2D eigenvalue weighted by Crippen LogP contribution is 2.24. The summed E-state index contributed by atoms with van der Waals surface area (Å²) in [7, 11) is 0. The van der Waals surface area contributed by atoms with Gasteiger partial charge >= 0.3 is 11.9 Å². The lowest BCUT2D eigenvalue weighted by atomic mass is 9.92. The first-order chi connectivity index (χ1) is 13.6. The molecule has 144 valence electrons. The molecule has 28 heavy (non-hydrogen) atoms. The van der Waals surface area contributed by atoms with E-state index in [1.807, 2.05) is 30.3 Å². The molecule has 0 amide bonds. The van der Waals surface area contributed by atoms with Gasteiger partial charge in [0, 0.05) is 0 Å². The average Bonchev–Trinajstić information content (AvgIpc) is 2.71. The number of esters is 2. The third-order valence-corrected chi connectivity index (χ3v) is 4.08. The zero-order chi connectivity index (χ0) is 20.4. The number of carbonyl (C=O) groups is 2. The molecule has 0 saturated carbocycles. The molecule has 0 aliphatic carbocycles. The molecule has 0 N–H and O–H groups in total. The van der Waals surface area contributed by atoms with Crippen molar-refractivity contribution in [2.45, 2.75) is 19.4 Å². The van der Waals surface area contributed by atoms with Crippen molar-refractivity contribution < 1.29 is 19.1 Å². The third-order valence-electron chi connectivity index (χ3n) is 4.08. The highest BCUT2D eigenvalue weighted by molar-refractivity contribution is 5.99. The van der Waals surface area contributed by atoms with Gasteiger partial charge in [0.2, 0.25) is 0 Å². The second-order valence-electron chi connectivity index (χ2n) is 6.06. The van der Waals surface area contributed by atoms with Gasteiger partial charge in [0.25, 0.3) is 0 Å². The van der Waals surface area contributed by atoms with Crippen LogP contribution in [0.1, 0.15) is 37.4 Å². The standard InChI is InChI=1S/C24H24O4/c1-4-10-19-14-15-21(23(25)28-17-18-12-8-7-9-13-18)20(11-5-2)22(19)24(26)27-16-6-3/h4-9,12-15H,1-3,10-11,16-17H2. The fourth-order valence-electron chi connectivity index (χ4n) is 2.83. The van der Waals surface area contributed by atoms with Gasteiger partial charge in [-0.15, -0.1) is 13.2 Å². The van der Waals surface area contributed by atoms with Gasteiger partial charge in [-0.1, -0.05) is 61.2 Å². The first-order valence-electron chi connectivity index (χ1n) is 8.98. The van der Waals surface area contributed by atoms with Crippen molar-refractivity contribution in [2.75, 3.05) is 6.61 Å². The molecule has 2 aromatic carbocycles. The molecule has 2 rings (SSSR count). The van der Waals surface area contributed by atoms with Crippen LogP contribution in [0.25, 0.3) is 0 Å². The molecule has 0 aromatic heterocycles. The Hall–Kier alpha value is -3.40. The number of ether oxygens (including phenoxy) is 2. The Balaban J connectivity index is 2.40. The maximum Gasteiger partial charge on any atom is 0.339 e. The summed E-state index contributed by atoms with van der Waals surface area (Å²) < 4.78 is 10.7. The molecule has 0 radical (unpaired) electrons. The van der Waals surface area contributed by atoms with Crippen molar-refractivity contribution in [1.29, 1.82) is 0 Å². The van der Waals surface area contributed by atoms with Crippen LogP contribution in [0.5, 0.6) is 0 Å². The summed E-state index contributed by atoms with van der Waals surface area (Å²) >= 11 is 0. The molecule has 0 heterocycles. The van der Waals surface area contributed by atoms with Crippen LogP contribution in [-0.2, 0) is 28.9 Å². The van der Waals surface area contributed by atoms with Crippen LogP contribution in [0, 0.1) is 0 Å². The van der Waals surface area contributed by atoms with Gasteiger partial charge in [0.15, 0.2) is 0 Å². The summed E-state index contributed by atoms with van der Waals surface area (Å²) in [4.78, 5) is 25.4. The van der Waals surface area contributed by atoms with E-state index in [1.54, 1.807) is 24.3 Å². The number of hydrogen-bond acceptors (Lipinski definition) is 4. The second kappa shape index (κ2) is 10.7. The SMILES string of the molecule is C=CCOC(=O)c1c(CC=C)ccc(C(=O)OCc2ccccc2)c1CC=C. The second-order valence-corrected chi connectivity index (χ2v) is 6.06. The molecule has 0 bridgehead atoms. The molecular formula is C24H24O4. The molecular weight excluding hydrogens is 352 g/mol. The zero-order valence-electron chi connectivity index (χ0n) is 15.9. The van der Waals surface area contributed by atoms with Crippen LogP contribution in [0.4, 0.5) is 0 Å². The van der Waals surface area contributed by atoms with Gasteiger partial charge in [0.05, 0.1) is 11.1 Å². The molecule has 0 saturated heterocycles. The summed E-state index contributed by atoms with van der Waals surface area (Å²) in [5.41, 5.74) is 2.85. The summed E-state index contributed by atoms with van der Waals surface area (Å²) in [6, 6.07) is 12.8. The minimum atomic E-state index is -0.508. The molecule has 0 atom stereocenters. The average molecular weight is 376 g/mol. The van der Waals surface area contributed by atoms with Crippen LogP contribution in [0.2, 0.25) is 0 Å². The summed E-state index contributed by atoms with van der Waals surface area (Å²) in [5.74, 6) is -1.00. The molecule has 0 aliphatic rings. The van der Waals surface area contributed by atoms with E-state index in [0.717, 1.165) is 11.1 Å². The topological polar surface area (TPSA) is 52.6 Å². The Morgan fingerprint density at radius 1 is 0.821 bits per heavy atom. The zero-order valence-corrected chi connectivity index (χ0v) is 15.9. The Morgan fingerprint density at radius 3 is 2.18 bits per heavy atom. The van der Waals surface area contributed by atoms with Crippen LogP contribution < -0.4 is 0 Å². The molecule has 0 aliphatic heterocycles. The third kappa shape index (κ3) is 5.30. The lowest BCUT2D eigenvalue weighted by Gasteiger charge is -2.16. The van der Waals surface area contributed by atoms with Crippen LogP contribution in [0.3, 0.4) is 0 Å². The van der Waals surface area contributed by atoms with Gasteiger partial charge in [-0.25, -0.2) is 9.59 Å². The maximum atomic E-state index is 12.7. The van der Waals surface area contributed by atoms with E-state index in [-0.39, 0.29) is 13.2 Å². The van der Waals surface area contributed by atoms with Crippen molar-refractivity contribution >= 4 is 11.9 Å². The number of allylic oxidation sites excluding steroid dienone is 2. The highest BCUT2D eigenvalue weighted by atomic mass is 16.5. The van der Waals surface area contributed by atoms with Crippen molar-refractivity contribution in [3.05, 3.63) is 108 Å². The van der Waals surface area contributed by atoms with E-state index in [2.05, 4.69) is 19.7 Å². The fourth-order valence-corrected chi connectivity index (χ4v) is 2.83. The largest absolute Gasteiger partial charge is 0.458 e. The smallest absolute Gasteiger partial charge is 0.339 e. The Bertz CT molecular complexity index is 866. The quantitative estimate of drug-likeness (QED) is 0.440. The molecule has 0 spiro atoms. The predicted molar refractivity (Wildman–Crippen MR) is 110 cm³/mol. The van der Waals surface area contributed by atoms with E-state index >= 15 is 0 Å². The van der Waals surface area contributed by atoms with Gasteiger partial charge in [-0.05, 0) is 35.6 Å². The van der Waals surface area contributed by atoms with Crippen LogP contribution in [0.15, 0.2) is 80.4 Å². The predicted octanol–water partition coefficient (Wildman–Crippen LogP) is 4.84. The molecule has 0 unspecified atom stereocenters. The van der Waals surface area contributed by atoms with Gasteiger partial charge < -0.3 is 9.47 Å². The first-order valence-corrected chi connectivity index (χ1v) is 8.98. The number of carbonyl (C=O) groups excluding carboxylic acids is 2. The van der Waals surface area contributed by atoms with Crippen LogP contribution >= 0.6 is 0 Å². The summed E-state index contributed by atoms with van der Waals surface area (Å²) in [5, 5.41) is 0. The van der Waals surface area contributed by atoms with Gasteiger partial charge in [0.1, 0.15) is 13.2 Å². The number of hydrogen-bond donors (Lipinski definition) is 0. The van der Waals surface area contributed by atoms with E-state index in [1.165, 1.54) is 6.08 Å². The van der Waals surface area contributed by atoms with E-state index in [0.29, 0.717) is 29.5 Å². The molecule has 4 nitrogen and oxygen atoms in total. The lowest BCUT2D eigenvalue weighted by Crippen LogP contribution is -2.17. The molecule has 4 heteroatoms. The lowest BCUT2D eigenvalue weighted by molar-refractivity contribution is 0.0471. The fraction of sp³-hybridized carbons (Fsp3) is 0.167. The van der Waals surface area contributed by atoms with E-state index < -0.39 is 11.9 Å². The number of benzene rings is 2. The van der Waals surface area contributed by atoms with Crippen LogP contribution in [-0.4, -0.2) is 18.5 Å². The molecule has 0 fully saturated rings. The Kier molecular flexibility index (Phi) is 7.97. The Labute approximate surface area is 165 Å². The maximum absolute atomic E-state index is 12.7. The number of rotatable bonds is 10. The Morgan fingerprint density at radius 2 is 1.54 bits per heavy atom. The van der Waals surface area contributed by atoms with E-state index in [9.17, 15) is 9.59 Å². The summed E-state index contributed by atoms with van der Waals surface area (Å²) in [6.07, 6.45) is 5.65.